The van der Waals surface area contributed by atoms with Crippen molar-refractivity contribution in [3.63, 3.8) is 0 Å². The lowest BCUT2D eigenvalue weighted by Gasteiger charge is -2.07. The third-order valence-electron chi connectivity index (χ3n) is 3.63. The van der Waals surface area contributed by atoms with Gasteiger partial charge >= 0.3 is 5.97 Å². The summed E-state index contributed by atoms with van der Waals surface area (Å²) in [7, 11) is 3.24. The van der Waals surface area contributed by atoms with Crippen molar-refractivity contribution in [1.29, 1.82) is 0 Å². The van der Waals surface area contributed by atoms with Crippen LogP contribution in [0.25, 0.3) is 10.1 Å². The standard InChI is InChI=1S/C18H16O4S2/c1-10-8-15-13(9-14(10)22-3)16(17(24-15)18(19)20)23-12-6-4-11(21-2)5-7-12/h4-9H,1-3H3,(H,19,20). The van der Waals surface area contributed by atoms with E-state index in [9.17, 15) is 9.90 Å². The number of carboxylic acids is 1. The first-order chi connectivity index (χ1) is 11.5. The van der Waals surface area contributed by atoms with E-state index in [4.69, 9.17) is 9.47 Å². The van der Waals surface area contributed by atoms with Crippen LogP contribution in [0.4, 0.5) is 0 Å². The van der Waals surface area contributed by atoms with Crippen molar-refractivity contribution in [3.8, 4) is 11.5 Å². The summed E-state index contributed by atoms with van der Waals surface area (Å²) >= 11 is 2.73. The van der Waals surface area contributed by atoms with Gasteiger partial charge < -0.3 is 14.6 Å². The minimum Gasteiger partial charge on any atom is -0.497 e. The molecule has 0 amide bonds. The van der Waals surface area contributed by atoms with Gasteiger partial charge in [0.05, 0.1) is 14.2 Å². The molecule has 0 aliphatic carbocycles. The summed E-state index contributed by atoms with van der Waals surface area (Å²) < 4.78 is 11.5. The molecule has 3 aromatic rings. The van der Waals surface area contributed by atoms with Gasteiger partial charge in [0.1, 0.15) is 16.4 Å². The number of benzene rings is 2. The van der Waals surface area contributed by atoms with Crippen LogP contribution in [-0.2, 0) is 0 Å². The molecule has 0 radical (unpaired) electrons. The molecule has 4 nitrogen and oxygen atoms in total. The van der Waals surface area contributed by atoms with Gasteiger partial charge in [-0.1, -0.05) is 11.8 Å². The van der Waals surface area contributed by atoms with Crippen molar-refractivity contribution in [2.24, 2.45) is 0 Å². The maximum absolute atomic E-state index is 11.7. The number of ether oxygens (including phenoxy) is 2. The lowest BCUT2D eigenvalue weighted by Crippen LogP contribution is -1.93. The van der Waals surface area contributed by atoms with Crippen LogP contribution in [0.1, 0.15) is 15.2 Å². The predicted octanol–water partition coefficient (Wildman–Crippen LogP) is 5.08. The number of hydrogen-bond donors (Lipinski definition) is 1. The fraction of sp³-hybridized carbons (Fsp3) is 0.167. The largest absolute Gasteiger partial charge is 0.497 e. The van der Waals surface area contributed by atoms with E-state index < -0.39 is 5.97 Å². The monoisotopic (exact) mass is 360 g/mol. The van der Waals surface area contributed by atoms with Crippen LogP contribution in [0.5, 0.6) is 11.5 Å². The van der Waals surface area contributed by atoms with Crippen molar-refractivity contribution in [3.05, 3.63) is 46.8 Å². The molecule has 3 rings (SSSR count). The Morgan fingerprint density at radius 2 is 1.83 bits per heavy atom. The molecule has 1 N–H and O–H groups in total. The maximum Gasteiger partial charge on any atom is 0.347 e. The summed E-state index contributed by atoms with van der Waals surface area (Å²) in [4.78, 5) is 13.7. The molecule has 0 aliphatic rings. The molecular formula is C18H16O4S2. The SMILES string of the molecule is COc1ccc(Sc2c(C(=O)O)sc3cc(C)c(OC)cc23)cc1. The van der Waals surface area contributed by atoms with Gasteiger partial charge in [0.2, 0.25) is 0 Å². The highest BCUT2D eigenvalue weighted by Gasteiger charge is 2.20. The van der Waals surface area contributed by atoms with Crippen molar-refractivity contribution < 1.29 is 19.4 Å². The van der Waals surface area contributed by atoms with Crippen molar-refractivity contribution in [1.82, 2.24) is 0 Å². The number of methoxy groups -OCH3 is 2. The molecule has 0 saturated carbocycles. The molecule has 1 heterocycles. The van der Waals surface area contributed by atoms with Gasteiger partial charge in [-0.25, -0.2) is 4.79 Å². The van der Waals surface area contributed by atoms with Gasteiger partial charge in [0.15, 0.2) is 0 Å². The third-order valence-corrected chi connectivity index (χ3v) is 6.04. The number of carboxylic acid groups (broad SMARTS) is 1. The van der Waals surface area contributed by atoms with E-state index in [2.05, 4.69) is 0 Å². The molecule has 24 heavy (non-hydrogen) atoms. The number of rotatable bonds is 5. The zero-order valence-corrected chi connectivity index (χ0v) is 15.1. The van der Waals surface area contributed by atoms with Crippen LogP contribution < -0.4 is 9.47 Å². The Morgan fingerprint density at radius 3 is 2.42 bits per heavy atom. The molecule has 0 bridgehead atoms. The van der Waals surface area contributed by atoms with Crippen molar-refractivity contribution >= 4 is 39.2 Å². The van der Waals surface area contributed by atoms with E-state index >= 15 is 0 Å². The normalized spacial score (nSPS) is 10.8. The Bertz CT molecular complexity index is 898. The van der Waals surface area contributed by atoms with E-state index in [0.717, 1.165) is 36.9 Å². The van der Waals surface area contributed by atoms with E-state index in [1.54, 1.807) is 14.2 Å². The average molecular weight is 360 g/mol. The van der Waals surface area contributed by atoms with E-state index in [1.165, 1.54) is 23.1 Å². The molecule has 0 unspecified atom stereocenters. The van der Waals surface area contributed by atoms with Crippen LogP contribution in [0, 0.1) is 6.92 Å². The minimum absolute atomic E-state index is 0.346. The lowest BCUT2D eigenvalue weighted by atomic mass is 10.1. The van der Waals surface area contributed by atoms with Gasteiger partial charge in [-0.2, -0.15) is 0 Å². The van der Waals surface area contributed by atoms with E-state index in [-0.39, 0.29) is 0 Å². The molecule has 0 saturated heterocycles. The summed E-state index contributed by atoms with van der Waals surface area (Å²) in [6.07, 6.45) is 0. The molecule has 2 aromatic carbocycles. The lowest BCUT2D eigenvalue weighted by molar-refractivity contribution is 0.0699. The Labute approximate surface area is 148 Å². The average Bonchev–Trinajstić information content (AvgIpc) is 2.92. The summed E-state index contributed by atoms with van der Waals surface area (Å²) in [5.41, 5.74) is 0.990. The summed E-state index contributed by atoms with van der Waals surface area (Å²) in [6, 6.07) is 11.5. The van der Waals surface area contributed by atoms with E-state index in [1.807, 2.05) is 43.3 Å². The number of aromatic carboxylic acids is 1. The number of hydrogen-bond acceptors (Lipinski definition) is 5. The van der Waals surface area contributed by atoms with Gasteiger partial charge in [-0.3, -0.25) is 0 Å². The third kappa shape index (κ3) is 3.07. The van der Waals surface area contributed by atoms with Gasteiger partial charge in [0.25, 0.3) is 0 Å². The number of carbonyl (C=O) groups is 1. The molecular weight excluding hydrogens is 344 g/mol. The summed E-state index contributed by atoms with van der Waals surface area (Å²) in [5.74, 6) is 0.614. The fourth-order valence-corrected chi connectivity index (χ4v) is 4.72. The first kappa shape index (κ1) is 16.7. The minimum atomic E-state index is -0.913. The molecule has 0 spiro atoms. The Hall–Kier alpha value is -2.18. The molecule has 6 heteroatoms. The number of thiophene rings is 1. The van der Waals surface area contributed by atoms with Crippen LogP contribution >= 0.6 is 23.1 Å². The fourth-order valence-electron chi connectivity index (χ4n) is 2.43. The van der Waals surface area contributed by atoms with Crippen LogP contribution in [0.2, 0.25) is 0 Å². The van der Waals surface area contributed by atoms with Crippen LogP contribution in [0.15, 0.2) is 46.2 Å². The van der Waals surface area contributed by atoms with Gasteiger partial charge in [-0.15, -0.1) is 11.3 Å². The molecule has 0 fully saturated rings. The highest BCUT2D eigenvalue weighted by Crippen LogP contribution is 2.43. The highest BCUT2D eigenvalue weighted by atomic mass is 32.2. The van der Waals surface area contributed by atoms with Crippen molar-refractivity contribution in [2.75, 3.05) is 14.2 Å². The maximum atomic E-state index is 11.7. The Morgan fingerprint density at radius 1 is 1.12 bits per heavy atom. The highest BCUT2D eigenvalue weighted by molar-refractivity contribution is 7.99. The summed E-state index contributed by atoms with van der Waals surface area (Å²) in [5, 5.41) is 10.5. The molecule has 0 atom stereocenters. The summed E-state index contributed by atoms with van der Waals surface area (Å²) in [6.45, 7) is 1.95. The second-order valence-corrected chi connectivity index (χ2v) is 7.30. The topological polar surface area (TPSA) is 55.8 Å². The quantitative estimate of drug-likeness (QED) is 0.688. The Balaban J connectivity index is 2.12. The van der Waals surface area contributed by atoms with E-state index in [0.29, 0.717) is 4.88 Å². The van der Waals surface area contributed by atoms with Gasteiger partial charge in [-0.05, 0) is 48.9 Å². The predicted molar refractivity (Wildman–Crippen MR) is 97.2 cm³/mol. The zero-order chi connectivity index (χ0) is 17.3. The smallest absolute Gasteiger partial charge is 0.347 e. The molecule has 124 valence electrons. The first-order valence-corrected chi connectivity index (χ1v) is 8.83. The first-order valence-electron chi connectivity index (χ1n) is 7.20. The number of aryl methyl sites for hydroxylation is 1. The van der Waals surface area contributed by atoms with Gasteiger partial charge in [0, 0.05) is 19.9 Å². The zero-order valence-electron chi connectivity index (χ0n) is 13.5. The second kappa shape index (κ2) is 6.75. The number of fused-ring (bicyclic) bond motifs is 1. The Kier molecular flexibility index (Phi) is 4.69. The van der Waals surface area contributed by atoms with Crippen molar-refractivity contribution in [2.45, 2.75) is 16.7 Å². The van der Waals surface area contributed by atoms with Crippen LogP contribution in [0.3, 0.4) is 0 Å². The molecule has 0 aliphatic heterocycles. The second-order valence-electron chi connectivity index (χ2n) is 5.16. The molecule has 1 aromatic heterocycles. The van der Waals surface area contributed by atoms with Crippen LogP contribution in [-0.4, -0.2) is 25.3 Å².